The summed E-state index contributed by atoms with van der Waals surface area (Å²) in [6.45, 7) is 3.44. The lowest BCUT2D eigenvalue weighted by atomic mass is 10.0. The number of piperazine rings is 1. The zero-order chi connectivity index (χ0) is 13.0. The van der Waals surface area contributed by atoms with Gasteiger partial charge in [0.05, 0.1) is 16.7 Å². The molecule has 1 aromatic rings. The minimum atomic E-state index is -0.325. The number of nitrogens with one attached hydrogen (secondary N) is 1. The van der Waals surface area contributed by atoms with E-state index in [1.54, 1.807) is 6.07 Å². The molecule has 2 nitrogen and oxygen atoms in total. The van der Waals surface area contributed by atoms with Crippen LogP contribution in [0.25, 0.3) is 0 Å². The normalized spacial score (nSPS) is 18.8. The third-order valence-corrected chi connectivity index (χ3v) is 4.04. The molecule has 0 bridgehead atoms. The molecule has 100 valence electrons. The fourth-order valence-corrected chi connectivity index (χ4v) is 2.68. The number of rotatable bonds is 4. The van der Waals surface area contributed by atoms with Crippen LogP contribution in [0.3, 0.4) is 0 Å². The lowest BCUT2D eigenvalue weighted by Gasteiger charge is -2.35. The van der Waals surface area contributed by atoms with Crippen molar-refractivity contribution in [2.75, 3.05) is 32.9 Å². The molecule has 18 heavy (non-hydrogen) atoms. The Balaban J connectivity index is 2.19. The average molecular weight is 291 g/mol. The molecule has 1 heterocycles. The lowest BCUT2D eigenvalue weighted by molar-refractivity contribution is 0.157. The molecule has 1 aliphatic rings. The quantitative estimate of drug-likeness (QED) is 0.915. The van der Waals surface area contributed by atoms with E-state index in [-0.39, 0.29) is 12.7 Å². The Morgan fingerprint density at radius 2 is 1.94 bits per heavy atom. The molecular weight excluding hydrogens is 274 g/mol. The molecule has 1 N–H and O–H groups in total. The Kier molecular flexibility index (Phi) is 5.25. The molecule has 2 rings (SSSR count). The second kappa shape index (κ2) is 6.71. The van der Waals surface area contributed by atoms with Gasteiger partial charge in [-0.1, -0.05) is 29.3 Å². The summed E-state index contributed by atoms with van der Waals surface area (Å²) >= 11 is 12.0. The summed E-state index contributed by atoms with van der Waals surface area (Å²) in [4.78, 5) is 2.30. The van der Waals surface area contributed by atoms with E-state index in [0.29, 0.717) is 16.5 Å². The van der Waals surface area contributed by atoms with Gasteiger partial charge in [-0.3, -0.25) is 9.29 Å². The molecule has 0 spiro atoms. The van der Waals surface area contributed by atoms with E-state index < -0.39 is 0 Å². The SMILES string of the molecule is FCC[C@@H](c1ccc(Cl)c(Cl)c1)N1CCNCC1. The highest BCUT2D eigenvalue weighted by molar-refractivity contribution is 6.42. The van der Waals surface area contributed by atoms with Crippen LogP contribution in [0.1, 0.15) is 18.0 Å². The van der Waals surface area contributed by atoms with E-state index in [0.717, 1.165) is 31.7 Å². The first-order chi connectivity index (χ1) is 8.72. The molecule has 1 atom stereocenters. The molecule has 0 radical (unpaired) electrons. The van der Waals surface area contributed by atoms with Crippen molar-refractivity contribution in [2.45, 2.75) is 12.5 Å². The van der Waals surface area contributed by atoms with Crippen molar-refractivity contribution in [1.29, 1.82) is 0 Å². The molecular formula is C13H17Cl2FN2. The number of hydrogen-bond donors (Lipinski definition) is 1. The fraction of sp³-hybridized carbons (Fsp3) is 0.538. The molecule has 0 aromatic heterocycles. The molecule has 0 unspecified atom stereocenters. The summed E-state index contributed by atoms with van der Waals surface area (Å²) < 4.78 is 12.8. The van der Waals surface area contributed by atoms with Gasteiger partial charge < -0.3 is 5.32 Å². The maximum atomic E-state index is 12.8. The van der Waals surface area contributed by atoms with E-state index in [4.69, 9.17) is 23.2 Å². The molecule has 0 amide bonds. The van der Waals surface area contributed by atoms with Crippen molar-refractivity contribution >= 4 is 23.2 Å². The van der Waals surface area contributed by atoms with Crippen LogP contribution in [0, 0.1) is 0 Å². The van der Waals surface area contributed by atoms with Crippen LogP contribution in [0.5, 0.6) is 0 Å². The number of halogens is 3. The Bertz CT molecular complexity index is 395. The molecule has 0 saturated carbocycles. The highest BCUT2D eigenvalue weighted by Gasteiger charge is 2.22. The predicted octanol–water partition coefficient (Wildman–Crippen LogP) is 3.30. The van der Waals surface area contributed by atoms with Gasteiger partial charge in [-0.25, -0.2) is 0 Å². The van der Waals surface area contributed by atoms with Crippen molar-refractivity contribution in [3.63, 3.8) is 0 Å². The van der Waals surface area contributed by atoms with E-state index in [9.17, 15) is 4.39 Å². The average Bonchev–Trinajstić information content (AvgIpc) is 2.40. The van der Waals surface area contributed by atoms with Crippen LogP contribution < -0.4 is 5.32 Å². The topological polar surface area (TPSA) is 15.3 Å². The van der Waals surface area contributed by atoms with Crippen LogP contribution in [0.15, 0.2) is 18.2 Å². The Morgan fingerprint density at radius 1 is 1.22 bits per heavy atom. The van der Waals surface area contributed by atoms with Gasteiger partial charge in [0, 0.05) is 32.2 Å². The number of alkyl halides is 1. The predicted molar refractivity (Wildman–Crippen MR) is 74.2 cm³/mol. The van der Waals surface area contributed by atoms with Gasteiger partial charge in [-0.05, 0) is 24.1 Å². The lowest BCUT2D eigenvalue weighted by Crippen LogP contribution is -2.45. The monoisotopic (exact) mass is 290 g/mol. The highest BCUT2D eigenvalue weighted by Crippen LogP contribution is 2.30. The smallest absolute Gasteiger partial charge is 0.0912 e. The minimum absolute atomic E-state index is 0.0897. The van der Waals surface area contributed by atoms with Gasteiger partial charge in [0.15, 0.2) is 0 Å². The third kappa shape index (κ3) is 3.35. The zero-order valence-corrected chi connectivity index (χ0v) is 11.6. The van der Waals surface area contributed by atoms with Gasteiger partial charge in [0.25, 0.3) is 0 Å². The second-order valence-electron chi connectivity index (χ2n) is 4.45. The fourth-order valence-electron chi connectivity index (χ4n) is 2.38. The Labute approximate surface area is 117 Å². The van der Waals surface area contributed by atoms with Gasteiger partial charge in [0.1, 0.15) is 0 Å². The summed E-state index contributed by atoms with van der Waals surface area (Å²) in [5.41, 5.74) is 1.05. The van der Waals surface area contributed by atoms with Crippen molar-refractivity contribution in [1.82, 2.24) is 10.2 Å². The van der Waals surface area contributed by atoms with Crippen LogP contribution in [0.2, 0.25) is 10.0 Å². The first kappa shape index (κ1) is 14.1. The van der Waals surface area contributed by atoms with Crippen LogP contribution in [-0.2, 0) is 0 Å². The van der Waals surface area contributed by atoms with Crippen molar-refractivity contribution in [2.24, 2.45) is 0 Å². The van der Waals surface area contributed by atoms with Gasteiger partial charge >= 0.3 is 0 Å². The number of nitrogens with zero attached hydrogens (tertiary/aromatic N) is 1. The highest BCUT2D eigenvalue weighted by atomic mass is 35.5. The molecule has 5 heteroatoms. The number of benzene rings is 1. The summed E-state index contributed by atoms with van der Waals surface area (Å²) in [6.07, 6.45) is 0.498. The first-order valence-electron chi connectivity index (χ1n) is 6.18. The molecule has 1 aromatic carbocycles. The van der Waals surface area contributed by atoms with E-state index >= 15 is 0 Å². The van der Waals surface area contributed by atoms with Gasteiger partial charge in [-0.15, -0.1) is 0 Å². The number of hydrogen-bond acceptors (Lipinski definition) is 2. The maximum Gasteiger partial charge on any atom is 0.0912 e. The van der Waals surface area contributed by atoms with Gasteiger partial charge in [0.2, 0.25) is 0 Å². The summed E-state index contributed by atoms with van der Waals surface area (Å²) in [5.74, 6) is 0. The minimum Gasteiger partial charge on any atom is -0.314 e. The maximum absolute atomic E-state index is 12.8. The van der Waals surface area contributed by atoms with Crippen molar-refractivity contribution in [3.8, 4) is 0 Å². The van der Waals surface area contributed by atoms with Gasteiger partial charge in [-0.2, -0.15) is 0 Å². The van der Waals surface area contributed by atoms with Crippen LogP contribution >= 0.6 is 23.2 Å². The largest absolute Gasteiger partial charge is 0.314 e. The summed E-state index contributed by atoms with van der Waals surface area (Å²) in [5, 5.41) is 4.38. The van der Waals surface area contributed by atoms with Crippen LogP contribution in [-0.4, -0.2) is 37.8 Å². The van der Waals surface area contributed by atoms with E-state index in [1.807, 2.05) is 12.1 Å². The van der Waals surface area contributed by atoms with E-state index in [1.165, 1.54) is 0 Å². The van der Waals surface area contributed by atoms with Crippen molar-refractivity contribution in [3.05, 3.63) is 33.8 Å². The zero-order valence-electron chi connectivity index (χ0n) is 10.1. The Hall–Kier alpha value is -0.350. The van der Waals surface area contributed by atoms with Crippen LogP contribution in [0.4, 0.5) is 4.39 Å². The molecule has 1 fully saturated rings. The Morgan fingerprint density at radius 3 is 2.56 bits per heavy atom. The standard InChI is InChI=1S/C13H17Cl2FN2/c14-11-2-1-10(9-12(11)15)13(3-4-16)18-7-5-17-6-8-18/h1-2,9,13,17H,3-8H2/t13-/m0/s1. The first-order valence-corrected chi connectivity index (χ1v) is 6.93. The summed E-state index contributed by atoms with van der Waals surface area (Å²) in [7, 11) is 0. The molecule has 1 aliphatic heterocycles. The van der Waals surface area contributed by atoms with E-state index in [2.05, 4.69) is 10.2 Å². The molecule has 0 aliphatic carbocycles. The summed E-state index contributed by atoms with van der Waals surface area (Å²) in [6, 6.07) is 5.67. The molecule has 1 saturated heterocycles. The second-order valence-corrected chi connectivity index (χ2v) is 5.27. The third-order valence-electron chi connectivity index (χ3n) is 3.30. The van der Waals surface area contributed by atoms with Crippen molar-refractivity contribution < 1.29 is 4.39 Å².